The minimum Gasteiger partial charge on any atom is -0.334 e. The molecule has 0 radical (unpaired) electrons. The van der Waals surface area contributed by atoms with E-state index >= 15 is 0 Å². The maximum absolute atomic E-state index is 11.6. The van der Waals surface area contributed by atoms with E-state index in [4.69, 9.17) is 0 Å². The molecule has 1 saturated heterocycles. The molecule has 1 aliphatic heterocycles. The van der Waals surface area contributed by atoms with E-state index in [-0.39, 0.29) is 11.9 Å². The summed E-state index contributed by atoms with van der Waals surface area (Å²) < 4.78 is 0. The fourth-order valence-corrected chi connectivity index (χ4v) is 3.09. The molecule has 3 heterocycles. The maximum atomic E-state index is 11.6. The van der Waals surface area contributed by atoms with Crippen LogP contribution in [0.15, 0.2) is 29.8 Å². The van der Waals surface area contributed by atoms with E-state index < -0.39 is 0 Å². The molecule has 1 aliphatic rings. The molecule has 5 nitrogen and oxygen atoms in total. The Balaban J connectivity index is 1.82. The van der Waals surface area contributed by atoms with Gasteiger partial charge < -0.3 is 10.2 Å². The molecule has 104 valence electrons. The number of thiazole rings is 1. The van der Waals surface area contributed by atoms with Crippen LogP contribution in [0.4, 0.5) is 10.9 Å². The second kappa shape index (κ2) is 5.58. The third-order valence-corrected chi connectivity index (χ3v) is 4.13. The van der Waals surface area contributed by atoms with Crippen molar-refractivity contribution in [3.8, 4) is 0 Å². The van der Waals surface area contributed by atoms with E-state index in [1.807, 2.05) is 28.5 Å². The molecule has 0 bridgehead atoms. The number of hydrogen-bond acceptors (Lipinski definition) is 5. The van der Waals surface area contributed by atoms with Crippen LogP contribution in [0, 0.1) is 0 Å². The summed E-state index contributed by atoms with van der Waals surface area (Å²) in [5, 5.41) is 5.93. The number of likely N-dealkylation sites (tertiary alicyclic amines) is 1. The largest absolute Gasteiger partial charge is 0.334 e. The topological polar surface area (TPSA) is 58.1 Å². The number of pyridine rings is 1. The Labute approximate surface area is 121 Å². The number of nitrogens with one attached hydrogen (secondary N) is 1. The molecule has 0 aliphatic carbocycles. The summed E-state index contributed by atoms with van der Waals surface area (Å²) in [6.45, 7) is 2.45. The van der Waals surface area contributed by atoms with Crippen molar-refractivity contribution in [2.24, 2.45) is 0 Å². The average molecular weight is 288 g/mol. The van der Waals surface area contributed by atoms with E-state index in [1.165, 1.54) is 11.3 Å². The van der Waals surface area contributed by atoms with Crippen LogP contribution in [-0.2, 0) is 4.79 Å². The Bertz CT molecular complexity index is 599. The molecule has 0 spiro atoms. The molecule has 0 aromatic carbocycles. The highest BCUT2D eigenvalue weighted by atomic mass is 32.1. The molecular weight excluding hydrogens is 272 g/mol. The predicted molar refractivity (Wildman–Crippen MR) is 79.0 cm³/mol. The van der Waals surface area contributed by atoms with Gasteiger partial charge in [-0.15, -0.1) is 11.3 Å². The van der Waals surface area contributed by atoms with E-state index in [0.717, 1.165) is 36.0 Å². The summed E-state index contributed by atoms with van der Waals surface area (Å²) in [7, 11) is 0. The molecular formula is C14H16N4OS. The van der Waals surface area contributed by atoms with Crippen LogP contribution < -0.4 is 5.32 Å². The van der Waals surface area contributed by atoms with Gasteiger partial charge in [-0.1, -0.05) is 6.07 Å². The minimum atomic E-state index is 0.102. The van der Waals surface area contributed by atoms with Gasteiger partial charge in [0.05, 0.1) is 11.7 Å². The summed E-state index contributed by atoms with van der Waals surface area (Å²) in [5.74, 6) is 0.889. The van der Waals surface area contributed by atoms with Crippen molar-refractivity contribution in [2.75, 3.05) is 11.9 Å². The zero-order chi connectivity index (χ0) is 13.9. The van der Waals surface area contributed by atoms with Gasteiger partial charge in [-0.2, -0.15) is 0 Å². The van der Waals surface area contributed by atoms with Gasteiger partial charge in [-0.25, -0.2) is 9.97 Å². The van der Waals surface area contributed by atoms with E-state index in [1.54, 1.807) is 13.1 Å². The van der Waals surface area contributed by atoms with Gasteiger partial charge in [0.1, 0.15) is 5.82 Å². The first-order valence-corrected chi connectivity index (χ1v) is 7.52. The average Bonchev–Trinajstić information content (AvgIpc) is 3.09. The van der Waals surface area contributed by atoms with Gasteiger partial charge in [0.25, 0.3) is 0 Å². The molecule has 1 atom stereocenters. The van der Waals surface area contributed by atoms with Crippen molar-refractivity contribution in [2.45, 2.75) is 25.8 Å². The van der Waals surface area contributed by atoms with Gasteiger partial charge in [-0.3, -0.25) is 4.79 Å². The number of carbonyl (C=O) groups is 1. The lowest BCUT2D eigenvalue weighted by Gasteiger charge is -2.23. The highest BCUT2D eigenvalue weighted by Gasteiger charge is 2.28. The van der Waals surface area contributed by atoms with Crippen molar-refractivity contribution in [1.82, 2.24) is 14.9 Å². The number of amides is 1. The fourth-order valence-electron chi connectivity index (χ4n) is 2.55. The Morgan fingerprint density at radius 2 is 2.40 bits per heavy atom. The van der Waals surface area contributed by atoms with Crippen molar-refractivity contribution in [3.63, 3.8) is 0 Å². The molecule has 1 N–H and O–H groups in total. The number of rotatable bonds is 3. The minimum absolute atomic E-state index is 0.102. The first-order valence-electron chi connectivity index (χ1n) is 6.65. The first kappa shape index (κ1) is 13.1. The summed E-state index contributed by atoms with van der Waals surface area (Å²) >= 11 is 1.53. The molecule has 20 heavy (non-hydrogen) atoms. The van der Waals surface area contributed by atoms with Gasteiger partial charge in [0, 0.05) is 25.0 Å². The van der Waals surface area contributed by atoms with Gasteiger partial charge in [0.2, 0.25) is 5.91 Å². The molecule has 1 amide bonds. The van der Waals surface area contributed by atoms with Gasteiger partial charge in [0.15, 0.2) is 5.13 Å². The van der Waals surface area contributed by atoms with Crippen LogP contribution in [0.1, 0.15) is 31.5 Å². The third kappa shape index (κ3) is 2.65. The molecule has 6 heteroatoms. The quantitative estimate of drug-likeness (QED) is 0.943. The Kier molecular flexibility index (Phi) is 3.64. The maximum Gasteiger partial charge on any atom is 0.220 e. The Hall–Kier alpha value is -1.95. The van der Waals surface area contributed by atoms with Crippen molar-refractivity contribution in [3.05, 3.63) is 35.5 Å². The summed E-state index contributed by atoms with van der Waals surface area (Å²) in [6, 6.07) is 5.97. The second-order valence-corrected chi connectivity index (χ2v) is 5.67. The molecule has 2 aromatic heterocycles. The van der Waals surface area contributed by atoms with Crippen LogP contribution in [0.3, 0.4) is 0 Å². The second-order valence-electron chi connectivity index (χ2n) is 4.78. The third-order valence-electron chi connectivity index (χ3n) is 3.44. The van der Waals surface area contributed by atoms with Gasteiger partial charge in [-0.05, 0) is 25.0 Å². The number of nitrogens with zero attached hydrogens (tertiary/aromatic N) is 3. The molecule has 1 fully saturated rings. The standard InChI is InChI=1S/C14H16N4OS/c1-10(19)18-8-3-5-12(18)11-4-2-6-13(16-11)17-14-15-7-9-20-14/h2,4,6-7,9,12H,3,5,8H2,1H3,(H,15,16,17)/t12-/m1/s1. The van der Waals surface area contributed by atoms with Crippen LogP contribution in [0.2, 0.25) is 0 Å². The number of hydrogen-bond donors (Lipinski definition) is 1. The monoisotopic (exact) mass is 288 g/mol. The van der Waals surface area contributed by atoms with Gasteiger partial charge >= 0.3 is 0 Å². The van der Waals surface area contributed by atoms with Crippen molar-refractivity contribution in [1.29, 1.82) is 0 Å². The van der Waals surface area contributed by atoms with E-state index in [9.17, 15) is 4.79 Å². The number of aromatic nitrogens is 2. The zero-order valence-electron chi connectivity index (χ0n) is 11.2. The van der Waals surface area contributed by atoms with Crippen LogP contribution in [-0.4, -0.2) is 27.3 Å². The van der Waals surface area contributed by atoms with Crippen molar-refractivity contribution < 1.29 is 4.79 Å². The van der Waals surface area contributed by atoms with Crippen LogP contribution >= 0.6 is 11.3 Å². The summed E-state index contributed by atoms with van der Waals surface area (Å²) in [5.41, 5.74) is 0.944. The summed E-state index contributed by atoms with van der Waals surface area (Å²) in [6.07, 6.45) is 3.77. The number of carbonyl (C=O) groups excluding carboxylic acids is 1. The van der Waals surface area contributed by atoms with Crippen LogP contribution in [0.25, 0.3) is 0 Å². The van der Waals surface area contributed by atoms with Crippen LogP contribution in [0.5, 0.6) is 0 Å². The zero-order valence-corrected chi connectivity index (χ0v) is 12.1. The lowest BCUT2D eigenvalue weighted by Crippen LogP contribution is -2.28. The SMILES string of the molecule is CC(=O)N1CCC[C@@H]1c1cccc(Nc2nccs2)n1. The molecule has 2 aromatic rings. The molecule has 0 unspecified atom stereocenters. The first-order chi connectivity index (χ1) is 9.74. The Morgan fingerprint density at radius 1 is 1.50 bits per heavy atom. The lowest BCUT2D eigenvalue weighted by atomic mass is 10.1. The number of anilines is 2. The summed E-state index contributed by atoms with van der Waals surface area (Å²) in [4.78, 5) is 22.4. The van der Waals surface area contributed by atoms with Crippen molar-refractivity contribution >= 4 is 28.2 Å². The fraction of sp³-hybridized carbons (Fsp3) is 0.357. The van der Waals surface area contributed by atoms with E-state index in [0.29, 0.717) is 0 Å². The predicted octanol–water partition coefficient (Wildman–Crippen LogP) is 2.97. The molecule has 0 saturated carbocycles. The highest BCUT2D eigenvalue weighted by Crippen LogP contribution is 2.31. The highest BCUT2D eigenvalue weighted by molar-refractivity contribution is 7.13. The normalized spacial score (nSPS) is 18.2. The smallest absolute Gasteiger partial charge is 0.220 e. The van der Waals surface area contributed by atoms with E-state index in [2.05, 4.69) is 15.3 Å². The lowest BCUT2D eigenvalue weighted by molar-refractivity contribution is -0.129. The molecule has 3 rings (SSSR count). The Morgan fingerprint density at radius 3 is 3.15 bits per heavy atom.